The fraction of sp³-hybridized carbons (Fsp3) is 1.00. The molecule has 90 valence electrons. The van der Waals surface area contributed by atoms with Gasteiger partial charge in [0.25, 0.3) is 0 Å². The fourth-order valence-electron chi connectivity index (χ4n) is 2.65. The Morgan fingerprint density at radius 1 is 1.07 bits per heavy atom. The molecule has 1 aliphatic carbocycles. The maximum absolute atomic E-state index is 3.65. The molecule has 1 aliphatic rings. The highest BCUT2D eigenvalue weighted by atomic mass is 14.9. The van der Waals surface area contributed by atoms with Crippen molar-refractivity contribution in [2.75, 3.05) is 6.54 Å². The molecule has 0 aromatic rings. The number of hydrogen-bond donors (Lipinski definition) is 1. The van der Waals surface area contributed by atoms with Crippen molar-refractivity contribution < 1.29 is 0 Å². The molecule has 2 unspecified atom stereocenters. The fourth-order valence-corrected chi connectivity index (χ4v) is 2.65. The van der Waals surface area contributed by atoms with E-state index in [9.17, 15) is 0 Å². The van der Waals surface area contributed by atoms with Crippen LogP contribution in [0.3, 0.4) is 0 Å². The van der Waals surface area contributed by atoms with Crippen LogP contribution in [0.15, 0.2) is 0 Å². The summed E-state index contributed by atoms with van der Waals surface area (Å²) in [6.45, 7) is 12.8. The van der Waals surface area contributed by atoms with Gasteiger partial charge in [0.05, 0.1) is 0 Å². The van der Waals surface area contributed by atoms with Gasteiger partial charge in [0.2, 0.25) is 0 Å². The van der Waals surface area contributed by atoms with Crippen molar-refractivity contribution in [3.05, 3.63) is 0 Å². The molecule has 0 aromatic heterocycles. The molecule has 1 N–H and O–H groups in total. The van der Waals surface area contributed by atoms with Gasteiger partial charge in [-0.05, 0) is 49.5 Å². The van der Waals surface area contributed by atoms with Crippen LogP contribution in [0, 0.1) is 23.7 Å². The highest BCUT2D eigenvalue weighted by molar-refractivity contribution is 4.93. The van der Waals surface area contributed by atoms with Gasteiger partial charge in [-0.2, -0.15) is 0 Å². The number of nitrogens with one attached hydrogen (secondary N) is 1. The first kappa shape index (κ1) is 13.0. The van der Waals surface area contributed by atoms with Crippen molar-refractivity contribution in [1.29, 1.82) is 0 Å². The maximum atomic E-state index is 3.65. The Hall–Kier alpha value is -0.0400. The molecule has 0 radical (unpaired) electrons. The molecular formula is C14H29N. The third kappa shape index (κ3) is 4.14. The van der Waals surface area contributed by atoms with E-state index in [1.807, 2.05) is 0 Å². The highest BCUT2D eigenvalue weighted by Crippen LogP contribution is 2.48. The first-order chi connectivity index (χ1) is 7.06. The summed E-state index contributed by atoms with van der Waals surface area (Å²) >= 11 is 0. The molecule has 4 atom stereocenters. The van der Waals surface area contributed by atoms with Crippen molar-refractivity contribution in [2.24, 2.45) is 23.7 Å². The molecule has 1 rings (SSSR count). The number of hydrogen-bond acceptors (Lipinski definition) is 1. The highest BCUT2D eigenvalue weighted by Gasteiger charge is 2.43. The monoisotopic (exact) mass is 211 g/mol. The van der Waals surface area contributed by atoms with Gasteiger partial charge in [0.15, 0.2) is 0 Å². The van der Waals surface area contributed by atoms with Crippen LogP contribution in [0.25, 0.3) is 0 Å². The topological polar surface area (TPSA) is 12.0 Å². The lowest BCUT2D eigenvalue weighted by atomic mass is 9.98. The smallest absolute Gasteiger partial charge is 0.00698 e. The summed E-state index contributed by atoms with van der Waals surface area (Å²) in [5, 5.41) is 3.65. The molecule has 0 amide bonds. The van der Waals surface area contributed by atoms with E-state index in [0.29, 0.717) is 0 Å². The first-order valence-corrected chi connectivity index (χ1v) is 6.79. The zero-order chi connectivity index (χ0) is 11.4. The largest absolute Gasteiger partial charge is 0.314 e. The standard InChI is InChI=1S/C14H29N/c1-6-15-13(8-7-10(2)3)9-14-11(4)12(14)5/h10-15H,6-9H2,1-5H3/t11-,12?,13+,14?/m1/s1. The van der Waals surface area contributed by atoms with Crippen LogP contribution in [-0.2, 0) is 0 Å². The van der Waals surface area contributed by atoms with E-state index in [0.717, 1.165) is 36.3 Å². The van der Waals surface area contributed by atoms with Gasteiger partial charge in [0.1, 0.15) is 0 Å². The van der Waals surface area contributed by atoms with E-state index >= 15 is 0 Å². The molecule has 0 spiro atoms. The van der Waals surface area contributed by atoms with Gasteiger partial charge in [0, 0.05) is 6.04 Å². The molecule has 0 saturated heterocycles. The predicted octanol–water partition coefficient (Wildman–Crippen LogP) is 3.69. The summed E-state index contributed by atoms with van der Waals surface area (Å²) in [7, 11) is 0. The predicted molar refractivity (Wildman–Crippen MR) is 68.0 cm³/mol. The third-order valence-electron chi connectivity index (χ3n) is 4.18. The molecule has 1 heteroatoms. The van der Waals surface area contributed by atoms with Crippen LogP contribution in [0.1, 0.15) is 53.9 Å². The molecule has 0 aliphatic heterocycles. The van der Waals surface area contributed by atoms with Crippen LogP contribution in [0.5, 0.6) is 0 Å². The maximum Gasteiger partial charge on any atom is 0.00698 e. The van der Waals surface area contributed by atoms with E-state index in [1.54, 1.807) is 0 Å². The van der Waals surface area contributed by atoms with E-state index in [2.05, 4.69) is 39.9 Å². The van der Waals surface area contributed by atoms with Crippen molar-refractivity contribution in [2.45, 2.75) is 59.9 Å². The third-order valence-corrected chi connectivity index (χ3v) is 4.18. The molecule has 0 aromatic carbocycles. The average Bonchev–Trinajstić information content (AvgIpc) is 2.72. The summed E-state index contributed by atoms with van der Waals surface area (Å²) in [5.41, 5.74) is 0. The molecule has 1 saturated carbocycles. The second-order valence-electron chi connectivity index (χ2n) is 5.84. The first-order valence-electron chi connectivity index (χ1n) is 6.79. The Labute approximate surface area is 96.0 Å². The van der Waals surface area contributed by atoms with E-state index in [1.165, 1.54) is 19.3 Å². The summed E-state index contributed by atoms with van der Waals surface area (Å²) < 4.78 is 0. The summed E-state index contributed by atoms with van der Waals surface area (Å²) in [6, 6.07) is 0.773. The average molecular weight is 211 g/mol. The zero-order valence-corrected chi connectivity index (χ0v) is 11.2. The quantitative estimate of drug-likeness (QED) is 0.677. The van der Waals surface area contributed by atoms with Gasteiger partial charge < -0.3 is 5.32 Å². The second-order valence-corrected chi connectivity index (χ2v) is 5.84. The Kier molecular flexibility index (Phi) is 5.11. The van der Waals surface area contributed by atoms with Crippen LogP contribution < -0.4 is 5.32 Å². The minimum Gasteiger partial charge on any atom is -0.314 e. The van der Waals surface area contributed by atoms with E-state index < -0.39 is 0 Å². The van der Waals surface area contributed by atoms with E-state index in [-0.39, 0.29) is 0 Å². The van der Waals surface area contributed by atoms with Gasteiger partial charge in [-0.1, -0.05) is 34.6 Å². The molecule has 0 bridgehead atoms. The van der Waals surface area contributed by atoms with Crippen molar-refractivity contribution in [3.8, 4) is 0 Å². The van der Waals surface area contributed by atoms with Crippen LogP contribution in [0.2, 0.25) is 0 Å². The summed E-state index contributed by atoms with van der Waals surface area (Å²) in [4.78, 5) is 0. The summed E-state index contributed by atoms with van der Waals surface area (Å²) in [5.74, 6) is 3.80. The summed E-state index contributed by atoms with van der Waals surface area (Å²) in [6.07, 6.45) is 4.14. The van der Waals surface area contributed by atoms with Gasteiger partial charge >= 0.3 is 0 Å². The Bertz CT molecular complexity index is 168. The minimum absolute atomic E-state index is 0.773. The van der Waals surface area contributed by atoms with Crippen molar-refractivity contribution in [3.63, 3.8) is 0 Å². The van der Waals surface area contributed by atoms with Gasteiger partial charge in [-0.25, -0.2) is 0 Å². The minimum atomic E-state index is 0.773. The Morgan fingerprint density at radius 2 is 1.67 bits per heavy atom. The van der Waals surface area contributed by atoms with Crippen molar-refractivity contribution in [1.82, 2.24) is 5.32 Å². The van der Waals surface area contributed by atoms with Crippen LogP contribution in [0.4, 0.5) is 0 Å². The molecule has 15 heavy (non-hydrogen) atoms. The normalized spacial score (nSPS) is 32.0. The SMILES string of the molecule is CCN[C@@H](CCC(C)C)CC1C(C)[C@H]1C. The van der Waals surface area contributed by atoms with Crippen LogP contribution >= 0.6 is 0 Å². The molecule has 1 nitrogen and oxygen atoms in total. The molecule has 0 heterocycles. The molecular weight excluding hydrogens is 182 g/mol. The lowest BCUT2D eigenvalue weighted by molar-refractivity contribution is 0.392. The Morgan fingerprint density at radius 3 is 2.07 bits per heavy atom. The number of rotatable bonds is 7. The van der Waals surface area contributed by atoms with Crippen molar-refractivity contribution >= 4 is 0 Å². The Balaban J connectivity index is 2.24. The van der Waals surface area contributed by atoms with Crippen LogP contribution in [-0.4, -0.2) is 12.6 Å². The zero-order valence-electron chi connectivity index (χ0n) is 11.2. The lowest BCUT2D eigenvalue weighted by Gasteiger charge is -2.19. The second kappa shape index (κ2) is 5.89. The van der Waals surface area contributed by atoms with Gasteiger partial charge in [-0.3, -0.25) is 0 Å². The van der Waals surface area contributed by atoms with E-state index in [4.69, 9.17) is 0 Å². The molecule has 1 fully saturated rings. The lowest BCUT2D eigenvalue weighted by Crippen LogP contribution is -2.30. The van der Waals surface area contributed by atoms with Gasteiger partial charge in [-0.15, -0.1) is 0 Å².